The van der Waals surface area contributed by atoms with Gasteiger partial charge in [0, 0.05) is 24.5 Å². The van der Waals surface area contributed by atoms with Crippen LogP contribution in [0.15, 0.2) is 85.5 Å². The second kappa shape index (κ2) is 10.7. The van der Waals surface area contributed by atoms with Crippen LogP contribution in [0.25, 0.3) is 0 Å². The zero-order valence-electron chi connectivity index (χ0n) is 17.4. The number of allylic oxidation sites excluding steroid dienone is 1. The summed E-state index contributed by atoms with van der Waals surface area (Å²) in [5, 5.41) is 1.14. The summed E-state index contributed by atoms with van der Waals surface area (Å²) in [6.45, 7) is 8.14. The Balaban J connectivity index is 2.83. The average molecular weight is 426 g/mol. The van der Waals surface area contributed by atoms with Gasteiger partial charge in [0.1, 0.15) is 17.9 Å². The van der Waals surface area contributed by atoms with E-state index in [1.165, 1.54) is 19.9 Å². The maximum atomic E-state index is 14.9. The molecule has 5 nitrogen and oxygen atoms in total. The van der Waals surface area contributed by atoms with Crippen molar-refractivity contribution < 1.29 is 23.6 Å². The molecule has 158 valence electrons. The quantitative estimate of drug-likeness (QED) is 0.344. The molecule has 0 bridgehead atoms. The van der Waals surface area contributed by atoms with Crippen molar-refractivity contribution in [3.8, 4) is 0 Å². The summed E-state index contributed by atoms with van der Waals surface area (Å²) in [5.41, 5.74) is -0.899. The van der Waals surface area contributed by atoms with E-state index in [2.05, 4.69) is 6.58 Å². The minimum absolute atomic E-state index is 0.526. The van der Waals surface area contributed by atoms with E-state index in [-0.39, 0.29) is 0 Å². The minimum atomic E-state index is -3.48. The summed E-state index contributed by atoms with van der Waals surface area (Å²) in [6.07, 6.45) is 2.96. The van der Waals surface area contributed by atoms with Crippen molar-refractivity contribution >= 4 is 29.7 Å². The zero-order chi connectivity index (χ0) is 22.1. The number of ether oxygens (including phenoxy) is 2. The van der Waals surface area contributed by atoms with Gasteiger partial charge in [0.15, 0.2) is 7.14 Å². The maximum absolute atomic E-state index is 14.9. The maximum Gasteiger partial charge on any atom is 0.303 e. The fraction of sp³-hybridized carbons (Fsp3) is 0.250. The highest BCUT2D eigenvalue weighted by atomic mass is 31.2. The summed E-state index contributed by atoms with van der Waals surface area (Å²) >= 11 is 0. The average Bonchev–Trinajstić information content (AvgIpc) is 2.73. The lowest BCUT2D eigenvalue weighted by atomic mass is 10.1. The Bertz CT molecular complexity index is 893. The number of carbonyl (C=O) groups is 2. The Kier molecular flexibility index (Phi) is 8.37. The Morgan fingerprint density at radius 3 is 1.67 bits per heavy atom. The van der Waals surface area contributed by atoms with Gasteiger partial charge in [-0.15, -0.1) is 0 Å². The number of esters is 2. The van der Waals surface area contributed by atoms with E-state index in [0.717, 1.165) is 0 Å². The Labute approximate surface area is 177 Å². The third kappa shape index (κ3) is 5.37. The van der Waals surface area contributed by atoms with Crippen LogP contribution in [0.1, 0.15) is 20.8 Å². The van der Waals surface area contributed by atoms with Crippen LogP contribution in [-0.2, 0) is 23.6 Å². The first-order chi connectivity index (χ1) is 14.3. The molecular weight excluding hydrogens is 399 g/mol. The van der Waals surface area contributed by atoms with Crippen molar-refractivity contribution in [1.29, 1.82) is 0 Å². The molecule has 0 saturated heterocycles. The number of hydrogen-bond donors (Lipinski definition) is 0. The minimum Gasteiger partial charge on any atom is -0.457 e. The van der Waals surface area contributed by atoms with Crippen LogP contribution in [0.5, 0.6) is 0 Å². The van der Waals surface area contributed by atoms with Gasteiger partial charge in [-0.2, -0.15) is 0 Å². The number of hydrogen-bond acceptors (Lipinski definition) is 5. The predicted molar refractivity (Wildman–Crippen MR) is 120 cm³/mol. The van der Waals surface area contributed by atoms with Gasteiger partial charge in [-0.3, -0.25) is 9.59 Å². The van der Waals surface area contributed by atoms with E-state index in [1.54, 1.807) is 67.6 Å². The van der Waals surface area contributed by atoms with Gasteiger partial charge in [-0.05, 0) is 13.0 Å². The van der Waals surface area contributed by atoms with E-state index in [0.29, 0.717) is 10.6 Å². The van der Waals surface area contributed by atoms with Gasteiger partial charge in [-0.25, -0.2) is 0 Å². The molecule has 3 atom stereocenters. The molecule has 0 aromatic heterocycles. The van der Waals surface area contributed by atoms with E-state index in [1.807, 2.05) is 12.1 Å². The van der Waals surface area contributed by atoms with Crippen molar-refractivity contribution in [2.75, 3.05) is 0 Å². The van der Waals surface area contributed by atoms with Crippen molar-refractivity contribution in [2.45, 2.75) is 38.6 Å². The topological polar surface area (TPSA) is 69.7 Å². The van der Waals surface area contributed by atoms with Gasteiger partial charge >= 0.3 is 11.9 Å². The molecule has 0 spiro atoms. The van der Waals surface area contributed by atoms with E-state index in [9.17, 15) is 14.2 Å². The van der Waals surface area contributed by atoms with Crippen LogP contribution in [0.2, 0.25) is 0 Å². The molecule has 2 aromatic rings. The molecule has 6 heteroatoms. The lowest BCUT2D eigenvalue weighted by molar-refractivity contribution is -0.148. The highest BCUT2D eigenvalue weighted by Crippen LogP contribution is 2.53. The molecule has 30 heavy (non-hydrogen) atoms. The van der Waals surface area contributed by atoms with Gasteiger partial charge in [-0.1, -0.05) is 79.4 Å². The molecule has 2 aromatic carbocycles. The number of rotatable bonds is 9. The standard InChI is InChI=1S/C24H27O5P/c1-5-13-23(29-19(4)26)24(22(6-2)28-18(3)25)30(27,20-14-9-7-10-15-20)21-16-11-8-12-17-21/h5-17,22-24H,2H2,1,3-4H3/b13-5+. The smallest absolute Gasteiger partial charge is 0.303 e. The second-order valence-corrected chi connectivity index (χ2v) is 9.67. The first-order valence-corrected chi connectivity index (χ1v) is 11.4. The van der Waals surface area contributed by atoms with E-state index in [4.69, 9.17) is 9.47 Å². The molecule has 0 aliphatic carbocycles. The van der Waals surface area contributed by atoms with E-state index < -0.39 is 36.9 Å². The van der Waals surface area contributed by atoms with Crippen molar-refractivity contribution in [1.82, 2.24) is 0 Å². The highest BCUT2D eigenvalue weighted by molar-refractivity contribution is 7.79. The second-order valence-electron chi connectivity index (χ2n) is 6.73. The summed E-state index contributed by atoms with van der Waals surface area (Å²) in [5.74, 6) is -1.07. The summed E-state index contributed by atoms with van der Waals surface area (Å²) < 4.78 is 26.0. The van der Waals surface area contributed by atoms with Crippen molar-refractivity contribution in [2.24, 2.45) is 0 Å². The van der Waals surface area contributed by atoms with Crippen molar-refractivity contribution in [3.63, 3.8) is 0 Å². The first kappa shape index (κ1) is 23.4. The van der Waals surface area contributed by atoms with Gasteiger partial charge < -0.3 is 14.0 Å². The number of carbonyl (C=O) groups excluding carboxylic acids is 2. The fourth-order valence-corrected chi connectivity index (χ4v) is 6.83. The van der Waals surface area contributed by atoms with E-state index >= 15 is 0 Å². The Hall–Kier alpha value is -2.91. The molecule has 2 rings (SSSR count). The summed E-state index contributed by atoms with van der Waals surface area (Å²) in [7, 11) is -3.48. The van der Waals surface area contributed by atoms with Crippen LogP contribution in [0, 0.1) is 0 Å². The normalized spacial score (nSPS) is 14.5. The molecule has 0 heterocycles. The lowest BCUT2D eigenvalue weighted by Crippen LogP contribution is -2.44. The van der Waals surface area contributed by atoms with Gasteiger partial charge in [0.25, 0.3) is 0 Å². The summed E-state index contributed by atoms with van der Waals surface area (Å²) in [6, 6.07) is 18.0. The van der Waals surface area contributed by atoms with Crippen molar-refractivity contribution in [3.05, 3.63) is 85.5 Å². The SMILES string of the molecule is C=CC(OC(C)=O)C(C(/C=C/C)OC(C)=O)P(=O)(c1ccccc1)c1ccccc1. The van der Waals surface area contributed by atoms with Crippen LogP contribution in [-0.4, -0.2) is 29.8 Å². The Morgan fingerprint density at radius 1 is 0.867 bits per heavy atom. The molecule has 0 amide bonds. The third-order valence-electron chi connectivity index (χ3n) is 4.59. The molecule has 0 fully saturated rings. The van der Waals surface area contributed by atoms with Gasteiger partial charge in [0.05, 0.1) is 0 Å². The monoisotopic (exact) mass is 426 g/mol. The molecular formula is C24H27O5P. The predicted octanol–water partition coefficient (Wildman–Crippen LogP) is 3.99. The Morgan fingerprint density at radius 2 is 1.30 bits per heavy atom. The van der Waals surface area contributed by atoms with Crippen LogP contribution < -0.4 is 10.6 Å². The molecule has 0 aliphatic heterocycles. The van der Waals surface area contributed by atoms with Crippen LogP contribution in [0.4, 0.5) is 0 Å². The zero-order valence-corrected chi connectivity index (χ0v) is 18.3. The largest absolute Gasteiger partial charge is 0.457 e. The third-order valence-corrected chi connectivity index (χ3v) is 8.15. The molecule has 0 N–H and O–H groups in total. The van der Waals surface area contributed by atoms with Crippen LogP contribution >= 0.6 is 7.14 Å². The molecule has 0 saturated carbocycles. The van der Waals surface area contributed by atoms with Gasteiger partial charge in [0.2, 0.25) is 0 Å². The molecule has 0 radical (unpaired) electrons. The highest BCUT2D eigenvalue weighted by Gasteiger charge is 2.47. The molecule has 3 unspecified atom stereocenters. The number of benzene rings is 2. The first-order valence-electron chi connectivity index (χ1n) is 9.65. The summed E-state index contributed by atoms with van der Waals surface area (Å²) in [4.78, 5) is 23.7. The van der Waals surface area contributed by atoms with Crippen LogP contribution in [0.3, 0.4) is 0 Å². The fourth-order valence-electron chi connectivity index (χ4n) is 3.45. The molecule has 0 aliphatic rings. The lowest BCUT2D eigenvalue weighted by Gasteiger charge is -2.36.